The van der Waals surface area contributed by atoms with E-state index in [1.165, 1.54) is 6.26 Å². The van der Waals surface area contributed by atoms with Crippen molar-refractivity contribution in [2.45, 2.75) is 17.9 Å². The highest BCUT2D eigenvalue weighted by Gasteiger charge is 2.19. The standard InChI is InChI=1S/C16H19N3O4S/c1-24(21,22)14-5-3-13(4-6-14)15-17-7-9-18(15)10-11-19-8-2-12-23-16(19)20/h3-7,9H,2,8,10-12H2,1H3. The van der Waals surface area contributed by atoms with Gasteiger partial charge in [-0.15, -0.1) is 0 Å². The maximum absolute atomic E-state index is 11.7. The summed E-state index contributed by atoms with van der Waals surface area (Å²) in [5, 5.41) is 0. The van der Waals surface area contributed by atoms with Gasteiger partial charge in [0.15, 0.2) is 9.84 Å². The van der Waals surface area contributed by atoms with Crippen molar-refractivity contribution >= 4 is 15.9 Å². The van der Waals surface area contributed by atoms with Gasteiger partial charge in [-0.3, -0.25) is 0 Å². The number of hydrogen-bond acceptors (Lipinski definition) is 5. The highest BCUT2D eigenvalue weighted by molar-refractivity contribution is 7.90. The Morgan fingerprint density at radius 1 is 1.21 bits per heavy atom. The van der Waals surface area contributed by atoms with Crippen molar-refractivity contribution in [2.75, 3.05) is 26.0 Å². The normalized spacial score (nSPS) is 15.4. The van der Waals surface area contributed by atoms with Gasteiger partial charge >= 0.3 is 6.09 Å². The van der Waals surface area contributed by atoms with Crippen LogP contribution in [-0.4, -0.2) is 54.9 Å². The fourth-order valence-electron chi connectivity index (χ4n) is 2.63. The molecular weight excluding hydrogens is 330 g/mol. The zero-order chi connectivity index (χ0) is 17.2. The van der Waals surface area contributed by atoms with Crippen molar-refractivity contribution < 1.29 is 17.9 Å². The number of carbonyl (C=O) groups is 1. The van der Waals surface area contributed by atoms with E-state index in [4.69, 9.17) is 4.74 Å². The summed E-state index contributed by atoms with van der Waals surface area (Å²) in [6.07, 6.45) is 5.28. The van der Waals surface area contributed by atoms with E-state index >= 15 is 0 Å². The highest BCUT2D eigenvalue weighted by atomic mass is 32.2. The fraction of sp³-hybridized carbons (Fsp3) is 0.375. The van der Waals surface area contributed by atoms with E-state index in [9.17, 15) is 13.2 Å². The largest absolute Gasteiger partial charge is 0.449 e. The van der Waals surface area contributed by atoms with Gasteiger partial charge in [0.1, 0.15) is 5.82 Å². The summed E-state index contributed by atoms with van der Waals surface area (Å²) in [7, 11) is -3.21. The van der Waals surface area contributed by atoms with E-state index in [0.29, 0.717) is 26.2 Å². The van der Waals surface area contributed by atoms with Crippen LogP contribution in [0.3, 0.4) is 0 Å². The quantitative estimate of drug-likeness (QED) is 0.822. The third kappa shape index (κ3) is 3.59. The lowest BCUT2D eigenvalue weighted by atomic mass is 10.2. The molecule has 1 aliphatic rings. The van der Waals surface area contributed by atoms with E-state index in [0.717, 1.165) is 17.8 Å². The van der Waals surface area contributed by atoms with Gasteiger partial charge in [0.25, 0.3) is 0 Å². The number of imidazole rings is 1. The van der Waals surface area contributed by atoms with Gasteiger partial charge in [0, 0.05) is 43.8 Å². The number of cyclic esters (lactones) is 1. The predicted molar refractivity (Wildman–Crippen MR) is 88.3 cm³/mol. The van der Waals surface area contributed by atoms with Crippen molar-refractivity contribution in [3.05, 3.63) is 36.7 Å². The molecule has 0 saturated carbocycles. The van der Waals surface area contributed by atoms with Crippen LogP contribution in [0.2, 0.25) is 0 Å². The van der Waals surface area contributed by atoms with E-state index in [1.807, 2.05) is 10.8 Å². The highest BCUT2D eigenvalue weighted by Crippen LogP contribution is 2.20. The number of nitrogens with zero attached hydrogens (tertiary/aromatic N) is 3. The Kier molecular flexibility index (Phi) is 4.57. The van der Waals surface area contributed by atoms with Crippen LogP contribution in [-0.2, 0) is 21.1 Å². The molecule has 1 amide bonds. The summed E-state index contributed by atoms with van der Waals surface area (Å²) in [5.41, 5.74) is 0.827. The second kappa shape index (κ2) is 6.64. The van der Waals surface area contributed by atoms with E-state index in [2.05, 4.69) is 4.98 Å². The molecule has 8 heteroatoms. The molecule has 1 saturated heterocycles. The first-order valence-electron chi connectivity index (χ1n) is 7.68. The van der Waals surface area contributed by atoms with Crippen molar-refractivity contribution in [1.82, 2.24) is 14.5 Å². The van der Waals surface area contributed by atoms with Gasteiger partial charge in [0.2, 0.25) is 0 Å². The first-order valence-corrected chi connectivity index (χ1v) is 9.57. The average molecular weight is 349 g/mol. The van der Waals surface area contributed by atoms with Gasteiger partial charge in [-0.05, 0) is 30.7 Å². The number of hydrogen-bond donors (Lipinski definition) is 0. The maximum atomic E-state index is 11.7. The molecule has 0 aliphatic carbocycles. The first-order chi connectivity index (χ1) is 11.4. The molecule has 1 aromatic carbocycles. The Morgan fingerprint density at radius 3 is 2.62 bits per heavy atom. The van der Waals surface area contributed by atoms with Gasteiger partial charge < -0.3 is 14.2 Å². The fourth-order valence-corrected chi connectivity index (χ4v) is 3.26. The van der Waals surface area contributed by atoms with Crippen LogP contribution in [0.15, 0.2) is 41.6 Å². The van der Waals surface area contributed by atoms with E-state index < -0.39 is 9.84 Å². The van der Waals surface area contributed by atoms with E-state index in [-0.39, 0.29) is 11.0 Å². The van der Waals surface area contributed by atoms with Gasteiger partial charge in [-0.25, -0.2) is 18.2 Å². The first kappa shape index (κ1) is 16.5. The molecule has 0 N–H and O–H groups in total. The van der Waals surface area contributed by atoms with Crippen molar-refractivity contribution in [1.29, 1.82) is 0 Å². The van der Waals surface area contributed by atoms with Crippen LogP contribution in [0.4, 0.5) is 4.79 Å². The molecule has 24 heavy (non-hydrogen) atoms. The van der Waals surface area contributed by atoms with Crippen LogP contribution < -0.4 is 0 Å². The lowest BCUT2D eigenvalue weighted by molar-refractivity contribution is 0.0716. The summed E-state index contributed by atoms with van der Waals surface area (Å²) in [6.45, 7) is 2.33. The predicted octanol–water partition coefficient (Wildman–Crippen LogP) is 1.80. The number of sulfone groups is 1. The Bertz CT molecular complexity index is 827. The third-order valence-corrected chi connectivity index (χ3v) is 5.05. The van der Waals surface area contributed by atoms with E-state index in [1.54, 1.807) is 35.4 Å². The number of amides is 1. The molecule has 128 valence electrons. The lowest BCUT2D eigenvalue weighted by Crippen LogP contribution is -2.39. The number of ether oxygens (including phenoxy) is 1. The summed E-state index contributed by atoms with van der Waals surface area (Å²) in [6, 6.07) is 6.63. The Morgan fingerprint density at radius 2 is 1.96 bits per heavy atom. The third-order valence-electron chi connectivity index (χ3n) is 3.92. The lowest BCUT2D eigenvalue weighted by Gasteiger charge is -2.26. The van der Waals surface area contributed by atoms with Gasteiger partial charge in [0.05, 0.1) is 11.5 Å². The number of aromatic nitrogens is 2. The second-order valence-electron chi connectivity index (χ2n) is 5.70. The minimum Gasteiger partial charge on any atom is -0.449 e. The molecule has 0 unspecified atom stereocenters. The molecule has 0 spiro atoms. The van der Waals surface area contributed by atoms with Crippen molar-refractivity contribution in [3.63, 3.8) is 0 Å². The SMILES string of the molecule is CS(=O)(=O)c1ccc(-c2nccn2CCN2CCCOC2=O)cc1. The molecule has 7 nitrogen and oxygen atoms in total. The maximum Gasteiger partial charge on any atom is 0.409 e. The van der Waals surface area contributed by atoms with Crippen LogP contribution in [0.5, 0.6) is 0 Å². The molecular formula is C16H19N3O4S. The van der Waals surface area contributed by atoms with Crippen molar-refractivity contribution in [2.24, 2.45) is 0 Å². The molecule has 1 fully saturated rings. The summed E-state index contributed by atoms with van der Waals surface area (Å²) < 4.78 is 30.0. The smallest absolute Gasteiger partial charge is 0.409 e. The van der Waals surface area contributed by atoms with Gasteiger partial charge in [-0.1, -0.05) is 0 Å². The average Bonchev–Trinajstić information content (AvgIpc) is 3.02. The zero-order valence-corrected chi connectivity index (χ0v) is 14.2. The molecule has 2 heterocycles. The molecule has 0 atom stereocenters. The summed E-state index contributed by atoms with van der Waals surface area (Å²) in [4.78, 5) is 18.0. The second-order valence-corrected chi connectivity index (χ2v) is 7.71. The minimum absolute atomic E-state index is 0.277. The topological polar surface area (TPSA) is 81.5 Å². The number of benzene rings is 1. The van der Waals surface area contributed by atoms with Crippen LogP contribution in [0.25, 0.3) is 11.4 Å². The summed E-state index contributed by atoms with van der Waals surface area (Å²) >= 11 is 0. The molecule has 1 aromatic heterocycles. The molecule has 2 aromatic rings. The van der Waals surface area contributed by atoms with Gasteiger partial charge in [-0.2, -0.15) is 0 Å². The Balaban J connectivity index is 1.74. The number of rotatable bonds is 5. The summed E-state index contributed by atoms with van der Waals surface area (Å²) in [5.74, 6) is 0.737. The molecule has 3 rings (SSSR count). The Hall–Kier alpha value is -2.35. The van der Waals surface area contributed by atoms with Crippen LogP contribution >= 0.6 is 0 Å². The van der Waals surface area contributed by atoms with Crippen molar-refractivity contribution in [3.8, 4) is 11.4 Å². The Labute approximate surface area is 140 Å². The van der Waals surface area contributed by atoms with Crippen LogP contribution in [0, 0.1) is 0 Å². The molecule has 0 bridgehead atoms. The monoisotopic (exact) mass is 349 g/mol. The zero-order valence-electron chi connectivity index (χ0n) is 13.4. The molecule has 1 aliphatic heterocycles. The molecule has 0 radical (unpaired) electrons. The minimum atomic E-state index is -3.21. The van der Waals surface area contributed by atoms with Crippen LogP contribution in [0.1, 0.15) is 6.42 Å². The number of carbonyl (C=O) groups excluding carboxylic acids is 1.